The fourth-order valence-corrected chi connectivity index (χ4v) is 1.37. The van der Waals surface area contributed by atoms with Crippen LogP contribution in [-0.4, -0.2) is 16.9 Å². The zero-order valence-electron chi connectivity index (χ0n) is 7.67. The minimum Gasteiger partial charge on any atom is -0.480 e. The lowest BCUT2D eigenvalue weighted by Crippen LogP contribution is -1.99. The third-order valence-electron chi connectivity index (χ3n) is 1.54. The maximum absolute atomic E-state index is 4.98. The number of nitrogens with zero attached hydrogens (tertiary/aromatic N) is 2. The summed E-state index contributed by atoms with van der Waals surface area (Å²) in [5, 5.41) is 4.18. The molecule has 1 aromatic rings. The van der Waals surface area contributed by atoms with E-state index in [9.17, 15) is 0 Å². The van der Waals surface area contributed by atoms with Gasteiger partial charge in [0.05, 0.1) is 13.7 Å². The second-order valence-corrected chi connectivity index (χ2v) is 3.22. The molecule has 0 atom stereocenters. The molecular formula is C9H11BrN2O. The standard InChI is InChI=1S/C9H11BrN2O/c1-3-4-5-6-12-8(10)7-9(11-12)13-2/h7H,5-6H2,1-2H3. The summed E-state index contributed by atoms with van der Waals surface area (Å²) >= 11 is 3.38. The highest BCUT2D eigenvalue weighted by molar-refractivity contribution is 9.10. The number of aromatic nitrogens is 2. The fraction of sp³-hybridized carbons (Fsp3) is 0.444. The number of rotatable bonds is 3. The second kappa shape index (κ2) is 4.93. The van der Waals surface area contributed by atoms with E-state index in [2.05, 4.69) is 32.9 Å². The average Bonchev–Trinajstić information content (AvgIpc) is 2.48. The van der Waals surface area contributed by atoms with E-state index in [1.807, 2.05) is 17.7 Å². The molecule has 4 heteroatoms. The van der Waals surface area contributed by atoms with Crippen LogP contribution in [0.25, 0.3) is 0 Å². The van der Waals surface area contributed by atoms with E-state index in [-0.39, 0.29) is 0 Å². The van der Waals surface area contributed by atoms with Crippen molar-refractivity contribution in [3.05, 3.63) is 10.7 Å². The first-order valence-corrected chi connectivity index (χ1v) is 4.74. The Labute approximate surface area is 86.2 Å². The van der Waals surface area contributed by atoms with Crippen molar-refractivity contribution in [1.82, 2.24) is 9.78 Å². The molecule has 1 rings (SSSR count). The highest BCUT2D eigenvalue weighted by Crippen LogP contribution is 2.17. The molecule has 0 saturated heterocycles. The monoisotopic (exact) mass is 242 g/mol. The van der Waals surface area contributed by atoms with E-state index < -0.39 is 0 Å². The molecule has 1 heterocycles. The molecule has 0 bridgehead atoms. The number of aryl methyl sites for hydroxylation is 1. The molecule has 0 saturated carbocycles. The first kappa shape index (κ1) is 10.1. The van der Waals surface area contributed by atoms with Crippen LogP contribution < -0.4 is 4.74 Å². The predicted molar refractivity (Wildman–Crippen MR) is 54.5 cm³/mol. The molecule has 0 unspecified atom stereocenters. The Kier molecular flexibility index (Phi) is 3.84. The third-order valence-corrected chi connectivity index (χ3v) is 2.18. The van der Waals surface area contributed by atoms with Gasteiger partial charge in [0.15, 0.2) is 0 Å². The molecule has 0 N–H and O–H groups in total. The van der Waals surface area contributed by atoms with E-state index in [1.54, 1.807) is 7.11 Å². The molecular weight excluding hydrogens is 232 g/mol. The number of methoxy groups -OCH3 is 1. The van der Waals surface area contributed by atoms with Crippen molar-refractivity contribution in [2.75, 3.05) is 7.11 Å². The van der Waals surface area contributed by atoms with Gasteiger partial charge in [-0.3, -0.25) is 4.68 Å². The lowest BCUT2D eigenvalue weighted by Gasteiger charge is -1.97. The third kappa shape index (κ3) is 2.78. The van der Waals surface area contributed by atoms with Gasteiger partial charge in [-0.2, -0.15) is 0 Å². The number of halogens is 1. The van der Waals surface area contributed by atoms with Crippen molar-refractivity contribution in [2.45, 2.75) is 19.9 Å². The summed E-state index contributed by atoms with van der Waals surface area (Å²) in [4.78, 5) is 0. The Morgan fingerprint density at radius 3 is 3.00 bits per heavy atom. The second-order valence-electron chi connectivity index (χ2n) is 2.41. The van der Waals surface area contributed by atoms with E-state index >= 15 is 0 Å². The highest BCUT2D eigenvalue weighted by Gasteiger charge is 2.03. The Morgan fingerprint density at radius 2 is 2.46 bits per heavy atom. The summed E-state index contributed by atoms with van der Waals surface area (Å²) in [5.41, 5.74) is 0. The molecule has 70 valence electrons. The van der Waals surface area contributed by atoms with Crippen molar-refractivity contribution >= 4 is 15.9 Å². The maximum atomic E-state index is 4.98. The van der Waals surface area contributed by atoms with Gasteiger partial charge in [0.25, 0.3) is 0 Å². The minimum atomic E-state index is 0.622. The van der Waals surface area contributed by atoms with Gasteiger partial charge in [-0.05, 0) is 22.9 Å². The molecule has 13 heavy (non-hydrogen) atoms. The van der Waals surface area contributed by atoms with Crippen LogP contribution in [0, 0.1) is 11.8 Å². The van der Waals surface area contributed by atoms with Crippen LogP contribution in [-0.2, 0) is 6.54 Å². The molecule has 1 aromatic heterocycles. The van der Waals surface area contributed by atoms with Gasteiger partial charge in [0.1, 0.15) is 4.60 Å². The number of hydrogen-bond acceptors (Lipinski definition) is 2. The van der Waals surface area contributed by atoms with Gasteiger partial charge in [-0.15, -0.1) is 16.9 Å². The van der Waals surface area contributed by atoms with Crippen LogP contribution in [0.1, 0.15) is 13.3 Å². The zero-order valence-corrected chi connectivity index (χ0v) is 9.26. The maximum Gasteiger partial charge on any atom is 0.233 e. The minimum absolute atomic E-state index is 0.622. The van der Waals surface area contributed by atoms with Crippen LogP contribution >= 0.6 is 15.9 Å². The summed E-state index contributed by atoms with van der Waals surface area (Å²) < 4.78 is 7.73. The van der Waals surface area contributed by atoms with Gasteiger partial charge < -0.3 is 4.74 Å². The smallest absolute Gasteiger partial charge is 0.233 e. The normalized spacial score (nSPS) is 9.15. The summed E-state index contributed by atoms with van der Waals surface area (Å²) in [6, 6.07) is 1.83. The largest absolute Gasteiger partial charge is 0.480 e. The van der Waals surface area contributed by atoms with Crippen LogP contribution in [0.15, 0.2) is 10.7 Å². The van der Waals surface area contributed by atoms with Gasteiger partial charge in [0, 0.05) is 12.5 Å². The van der Waals surface area contributed by atoms with E-state index in [0.717, 1.165) is 17.6 Å². The molecule has 3 nitrogen and oxygen atoms in total. The SMILES string of the molecule is CC#CCCn1nc(OC)cc1Br. The average molecular weight is 243 g/mol. The number of ether oxygens (including phenoxy) is 1. The Bertz CT molecular complexity index is 335. The van der Waals surface area contributed by atoms with E-state index in [0.29, 0.717) is 5.88 Å². The molecule has 0 aliphatic rings. The lowest BCUT2D eigenvalue weighted by atomic mass is 10.4. The van der Waals surface area contributed by atoms with Crippen molar-refractivity contribution in [3.8, 4) is 17.7 Å². The van der Waals surface area contributed by atoms with Crippen molar-refractivity contribution < 1.29 is 4.74 Å². The van der Waals surface area contributed by atoms with Crippen molar-refractivity contribution in [3.63, 3.8) is 0 Å². The Hall–Kier alpha value is -0.950. The van der Waals surface area contributed by atoms with Crippen LogP contribution in [0.3, 0.4) is 0 Å². The van der Waals surface area contributed by atoms with Gasteiger partial charge >= 0.3 is 0 Å². The summed E-state index contributed by atoms with van der Waals surface area (Å²) in [6.45, 7) is 2.61. The molecule has 0 spiro atoms. The first-order valence-electron chi connectivity index (χ1n) is 3.95. The van der Waals surface area contributed by atoms with Gasteiger partial charge in [-0.1, -0.05) is 0 Å². The topological polar surface area (TPSA) is 27.1 Å². The predicted octanol–water partition coefficient (Wildman–Crippen LogP) is 2.07. The van der Waals surface area contributed by atoms with Crippen LogP contribution in [0.2, 0.25) is 0 Å². The summed E-state index contributed by atoms with van der Waals surface area (Å²) in [6.07, 6.45) is 0.805. The van der Waals surface area contributed by atoms with Crippen LogP contribution in [0.5, 0.6) is 5.88 Å². The first-order chi connectivity index (χ1) is 6.27. The molecule has 0 aliphatic carbocycles. The van der Waals surface area contributed by atoms with Crippen molar-refractivity contribution in [1.29, 1.82) is 0 Å². The van der Waals surface area contributed by atoms with E-state index in [1.165, 1.54) is 0 Å². The lowest BCUT2D eigenvalue weighted by molar-refractivity contribution is 0.388. The summed E-state index contributed by atoms with van der Waals surface area (Å²) in [5.74, 6) is 6.44. The van der Waals surface area contributed by atoms with Gasteiger partial charge in [0.2, 0.25) is 5.88 Å². The van der Waals surface area contributed by atoms with Crippen molar-refractivity contribution in [2.24, 2.45) is 0 Å². The van der Waals surface area contributed by atoms with Gasteiger partial charge in [-0.25, -0.2) is 0 Å². The summed E-state index contributed by atoms with van der Waals surface area (Å²) in [7, 11) is 1.60. The zero-order chi connectivity index (χ0) is 9.68. The quantitative estimate of drug-likeness (QED) is 0.760. The Morgan fingerprint density at radius 1 is 1.69 bits per heavy atom. The fourth-order valence-electron chi connectivity index (χ4n) is 0.915. The van der Waals surface area contributed by atoms with E-state index in [4.69, 9.17) is 4.74 Å². The highest BCUT2D eigenvalue weighted by atomic mass is 79.9. The molecule has 0 aliphatic heterocycles. The van der Waals surface area contributed by atoms with Crippen LogP contribution in [0.4, 0.5) is 0 Å². The molecule has 0 fully saturated rings. The number of hydrogen-bond donors (Lipinski definition) is 0. The molecule has 0 amide bonds. The molecule has 0 aromatic carbocycles. The molecule has 0 radical (unpaired) electrons. The Balaban J connectivity index is 2.63.